The average molecular weight is 277 g/mol. The second-order valence-corrected chi connectivity index (χ2v) is 5.98. The molecule has 0 aliphatic heterocycles. The lowest BCUT2D eigenvalue weighted by Crippen LogP contribution is -2.43. The highest BCUT2D eigenvalue weighted by Crippen LogP contribution is 2.31. The Balaban J connectivity index is 2.07. The van der Waals surface area contributed by atoms with Gasteiger partial charge < -0.3 is 15.5 Å². The molecule has 4 nitrogen and oxygen atoms in total. The van der Waals surface area contributed by atoms with Crippen molar-refractivity contribution >= 4 is 5.91 Å². The summed E-state index contributed by atoms with van der Waals surface area (Å²) in [6.07, 6.45) is 4.55. The number of phenolic OH excluding ortho intramolecular Hbond substituents is 2. The van der Waals surface area contributed by atoms with Gasteiger partial charge in [-0.2, -0.15) is 0 Å². The average Bonchev–Trinajstić information content (AvgIpc) is 2.42. The van der Waals surface area contributed by atoms with Crippen molar-refractivity contribution in [2.75, 3.05) is 0 Å². The molecular formula is C16H23NO3. The van der Waals surface area contributed by atoms with Gasteiger partial charge in [0.1, 0.15) is 0 Å². The van der Waals surface area contributed by atoms with Crippen molar-refractivity contribution in [1.82, 2.24) is 5.32 Å². The summed E-state index contributed by atoms with van der Waals surface area (Å²) in [6, 6.07) is 4.37. The van der Waals surface area contributed by atoms with E-state index in [2.05, 4.69) is 19.2 Å². The van der Waals surface area contributed by atoms with Gasteiger partial charge in [0.05, 0.1) is 0 Å². The summed E-state index contributed by atoms with van der Waals surface area (Å²) in [5.41, 5.74) is 0.383. The molecule has 0 aromatic heterocycles. The van der Waals surface area contributed by atoms with Crippen molar-refractivity contribution < 1.29 is 15.0 Å². The number of carbonyl (C=O) groups is 1. The van der Waals surface area contributed by atoms with Gasteiger partial charge in [-0.05, 0) is 42.9 Å². The van der Waals surface area contributed by atoms with Gasteiger partial charge in [-0.25, -0.2) is 0 Å². The van der Waals surface area contributed by atoms with E-state index in [0.29, 0.717) is 17.4 Å². The van der Waals surface area contributed by atoms with Crippen LogP contribution in [-0.4, -0.2) is 22.2 Å². The van der Waals surface area contributed by atoms with Crippen molar-refractivity contribution in [1.29, 1.82) is 0 Å². The molecule has 1 aromatic rings. The predicted octanol–water partition coefficient (Wildman–Crippen LogP) is 3.04. The Bertz CT molecular complexity index is 485. The van der Waals surface area contributed by atoms with E-state index in [-0.39, 0.29) is 23.4 Å². The summed E-state index contributed by atoms with van der Waals surface area (Å²) in [5, 5.41) is 21.8. The van der Waals surface area contributed by atoms with Gasteiger partial charge in [-0.15, -0.1) is 0 Å². The molecule has 0 spiro atoms. The fourth-order valence-corrected chi connectivity index (χ4v) is 3.05. The number of phenols is 2. The van der Waals surface area contributed by atoms with Crippen LogP contribution in [0, 0.1) is 11.8 Å². The summed E-state index contributed by atoms with van der Waals surface area (Å²) in [5.74, 6) is 0.408. The van der Waals surface area contributed by atoms with E-state index < -0.39 is 0 Å². The predicted molar refractivity (Wildman–Crippen MR) is 77.8 cm³/mol. The van der Waals surface area contributed by atoms with E-state index in [4.69, 9.17) is 0 Å². The van der Waals surface area contributed by atoms with E-state index >= 15 is 0 Å². The molecule has 1 aromatic carbocycles. The van der Waals surface area contributed by atoms with Gasteiger partial charge in [-0.3, -0.25) is 4.79 Å². The molecular weight excluding hydrogens is 254 g/mol. The summed E-state index contributed by atoms with van der Waals surface area (Å²) < 4.78 is 0. The van der Waals surface area contributed by atoms with Gasteiger partial charge in [-0.1, -0.05) is 26.7 Å². The number of amides is 1. The fourth-order valence-electron chi connectivity index (χ4n) is 3.05. The highest BCUT2D eigenvalue weighted by Gasteiger charge is 2.28. The first-order valence-corrected chi connectivity index (χ1v) is 7.32. The molecule has 20 heavy (non-hydrogen) atoms. The monoisotopic (exact) mass is 277 g/mol. The van der Waals surface area contributed by atoms with Crippen molar-refractivity contribution in [2.24, 2.45) is 11.8 Å². The molecule has 1 fully saturated rings. The molecule has 2 rings (SSSR count). The lowest BCUT2D eigenvalue weighted by molar-refractivity contribution is 0.0888. The SMILES string of the molecule is CC(C)C1CCCCC1NC(=O)c1ccc(O)c(O)c1. The van der Waals surface area contributed by atoms with Crippen LogP contribution in [-0.2, 0) is 0 Å². The van der Waals surface area contributed by atoms with Crippen LogP contribution in [0.15, 0.2) is 18.2 Å². The summed E-state index contributed by atoms with van der Waals surface area (Å²) in [6.45, 7) is 4.39. The van der Waals surface area contributed by atoms with E-state index in [1.54, 1.807) is 0 Å². The number of aromatic hydroxyl groups is 2. The largest absolute Gasteiger partial charge is 0.504 e. The van der Waals surface area contributed by atoms with Crippen molar-refractivity contribution in [3.63, 3.8) is 0 Å². The topological polar surface area (TPSA) is 69.6 Å². The zero-order valence-electron chi connectivity index (χ0n) is 12.1. The minimum atomic E-state index is -0.262. The Kier molecular flexibility index (Phi) is 4.53. The highest BCUT2D eigenvalue weighted by molar-refractivity contribution is 5.95. The van der Waals surface area contributed by atoms with Crippen LogP contribution in [0.3, 0.4) is 0 Å². The van der Waals surface area contributed by atoms with Crippen LogP contribution in [0.4, 0.5) is 0 Å². The third-order valence-electron chi connectivity index (χ3n) is 4.23. The smallest absolute Gasteiger partial charge is 0.251 e. The first-order chi connectivity index (χ1) is 9.49. The number of carbonyl (C=O) groups excluding carboxylic acids is 1. The standard InChI is InChI=1S/C16H23NO3/c1-10(2)12-5-3-4-6-13(12)17-16(20)11-7-8-14(18)15(19)9-11/h7-10,12-13,18-19H,3-6H2,1-2H3,(H,17,20). The molecule has 110 valence electrons. The Morgan fingerprint density at radius 3 is 2.55 bits per heavy atom. The fraction of sp³-hybridized carbons (Fsp3) is 0.562. The lowest BCUT2D eigenvalue weighted by Gasteiger charge is -2.34. The van der Waals surface area contributed by atoms with Gasteiger partial charge in [0.2, 0.25) is 0 Å². The van der Waals surface area contributed by atoms with Gasteiger partial charge in [0.15, 0.2) is 11.5 Å². The molecule has 0 radical (unpaired) electrons. The molecule has 2 atom stereocenters. The third-order valence-corrected chi connectivity index (χ3v) is 4.23. The van der Waals surface area contributed by atoms with E-state index in [9.17, 15) is 15.0 Å². The first-order valence-electron chi connectivity index (χ1n) is 7.32. The van der Waals surface area contributed by atoms with E-state index in [0.717, 1.165) is 19.3 Å². The molecule has 1 aliphatic rings. The van der Waals surface area contributed by atoms with Gasteiger partial charge in [0.25, 0.3) is 5.91 Å². The minimum absolute atomic E-state index is 0.183. The number of hydrogen-bond donors (Lipinski definition) is 3. The molecule has 4 heteroatoms. The van der Waals surface area contributed by atoms with Crippen LogP contribution in [0.5, 0.6) is 11.5 Å². The van der Waals surface area contributed by atoms with Crippen molar-refractivity contribution in [3.05, 3.63) is 23.8 Å². The van der Waals surface area contributed by atoms with Crippen LogP contribution >= 0.6 is 0 Å². The normalized spacial score (nSPS) is 22.8. The summed E-state index contributed by atoms with van der Waals surface area (Å²) in [4.78, 5) is 12.2. The van der Waals surface area contributed by atoms with Gasteiger partial charge in [0, 0.05) is 11.6 Å². The summed E-state index contributed by atoms with van der Waals surface area (Å²) in [7, 11) is 0. The van der Waals surface area contributed by atoms with Crippen molar-refractivity contribution in [3.8, 4) is 11.5 Å². The number of rotatable bonds is 3. The van der Waals surface area contributed by atoms with Crippen molar-refractivity contribution in [2.45, 2.75) is 45.6 Å². The zero-order valence-corrected chi connectivity index (χ0v) is 12.1. The molecule has 1 saturated carbocycles. The number of nitrogens with one attached hydrogen (secondary N) is 1. The van der Waals surface area contributed by atoms with Gasteiger partial charge >= 0.3 is 0 Å². The van der Waals surface area contributed by atoms with E-state index in [1.165, 1.54) is 24.6 Å². The molecule has 2 unspecified atom stereocenters. The molecule has 1 amide bonds. The third kappa shape index (κ3) is 3.24. The highest BCUT2D eigenvalue weighted by atomic mass is 16.3. The van der Waals surface area contributed by atoms with Crippen LogP contribution in [0.1, 0.15) is 49.9 Å². The second-order valence-electron chi connectivity index (χ2n) is 5.98. The maximum Gasteiger partial charge on any atom is 0.251 e. The number of hydrogen-bond acceptors (Lipinski definition) is 3. The van der Waals surface area contributed by atoms with E-state index in [1.807, 2.05) is 0 Å². The Morgan fingerprint density at radius 2 is 1.90 bits per heavy atom. The van der Waals surface area contributed by atoms with Crippen LogP contribution in [0.2, 0.25) is 0 Å². The minimum Gasteiger partial charge on any atom is -0.504 e. The molecule has 3 N–H and O–H groups in total. The number of benzene rings is 1. The molecule has 0 heterocycles. The molecule has 0 saturated heterocycles. The summed E-state index contributed by atoms with van der Waals surface area (Å²) >= 11 is 0. The Labute approximate surface area is 119 Å². The molecule has 0 bridgehead atoms. The maximum absolute atomic E-state index is 12.2. The van der Waals surface area contributed by atoms with Crippen LogP contribution < -0.4 is 5.32 Å². The molecule has 1 aliphatic carbocycles. The Hall–Kier alpha value is -1.71. The Morgan fingerprint density at radius 1 is 1.20 bits per heavy atom. The second kappa shape index (κ2) is 6.16. The van der Waals surface area contributed by atoms with Crippen LogP contribution in [0.25, 0.3) is 0 Å². The lowest BCUT2D eigenvalue weighted by atomic mass is 9.78. The maximum atomic E-state index is 12.2. The first kappa shape index (κ1) is 14.7. The zero-order chi connectivity index (χ0) is 14.7. The quantitative estimate of drug-likeness (QED) is 0.744.